The fraction of sp³-hybridized carbons (Fsp3) is 0.0455. The lowest BCUT2D eigenvalue weighted by Crippen LogP contribution is -2.34. The highest BCUT2D eigenvalue weighted by molar-refractivity contribution is 7.80. The molecule has 0 heterocycles. The Bertz CT molecular complexity index is 1170. The van der Waals surface area contributed by atoms with E-state index in [0.29, 0.717) is 21.8 Å². The molecule has 5 nitrogen and oxygen atoms in total. The largest absolute Gasteiger partial charge is 0.494 e. The quantitative estimate of drug-likeness (QED) is 0.336. The Hall–Kier alpha value is -2.64. The van der Waals surface area contributed by atoms with Crippen molar-refractivity contribution in [3.05, 3.63) is 92.4 Å². The van der Waals surface area contributed by atoms with Gasteiger partial charge in [-0.25, -0.2) is 0 Å². The molecule has 0 spiro atoms. The zero-order valence-electron chi connectivity index (χ0n) is 16.0. The first-order chi connectivity index (χ1) is 14.8. The maximum Gasteiger partial charge on any atom is 0.261 e. The normalized spacial score (nSPS) is 10.3. The maximum absolute atomic E-state index is 12.9. The predicted octanol–water partition coefficient (Wildman–Crippen LogP) is 6.01. The first-order valence-corrected chi connectivity index (χ1v) is 10.4. The van der Waals surface area contributed by atoms with Crippen LogP contribution >= 0.6 is 47.0 Å². The first kappa shape index (κ1) is 23.0. The Morgan fingerprint density at radius 3 is 2.26 bits per heavy atom. The zero-order valence-corrected chi connectivity index (χ0v) is 19.1. The molecule has 0 saturated heterocycles. The number of carbonyl (C=O) groups excluding carboxylic acids is 2. The number of hydrogen-bond donors (Lipinski definition) is 2. The van der Waals surface area contributed by atoms with Crippen molar-refractivity contribution in [2.24, 2.45) is 0 Å². The van der Waals surface area contributed by atoms with Gasteiger partial charge >= 0.3 is 0 Å². The van der Waals surface area contributed by atoms with Crippen LogP contribution in [-0.2, 0) is 0 Å². The number of nitrogens with one attached hydrogen (secondary N) is 2. The summed E-state index contributed by atoms with van der Waals surface area (Å²) in [6.45, 7) is 0. The fourth-order valence-corrected chi connectivity index (χ4v) is 3.76. The van der Waals surface area contributed by atoms with Crippen molar-refractivity contribution in [2.45, 2.75) is 0 Å². The minimum absolute atomic E-state index is 0.0346. The highest BCUT2D eigenvalue weighted by Gasteiger charge is 2.19. The number of ketones is 1. The summed E-state index contributed by atoms with van der Waals surface area (Å²) in [5.41, 5.74) is 1.29. The number of methoxy groups -OCH3 is 1. The molecule has 2 N–H and O–H groups in total. The molecule has 0 unspecified atom stereocenters. The summed E-state index contributed by atoms with van der Waals surface area (Å²) in [4.78, 5) is 25.6. The Kier molecular flexibility index (Phi) is 7.51. The molecule has 1 amide bonds. The second-order valence-electron chi connectivity index (χ2n) is 6.26. The predicted molar refractivity (Wildman–Crippen MR) is 128 cm³/mol. The van der Waals surface area contributed by atoms with Crippen molar-refractivity contribution in [2.75, 3.05) is 12.4 Å². The van der Waals surface area contributed by atoms with Gasteiger partial charge in [0.2, 0.25) is 0 Å². The van der Waals surface area contributed by atoms with Gasteiger partial charge in [0.05, 0.1) is 23.4 Å². The number of rotatable bonds is 5. The molecular weight excluding hydrogens is 479 g/mol. The molecule has 0 aliphatic heterocycles. The van der Waals surface area contributed by atoms with Gasteiger partial charge in [-0.1, -0.05) is 65.1 Å². The van der Waals surface area contributed by atoms with Crippen molar-refractivity contribution in [1.82, 2.24) is 5.32 Å². The van der Waals surface area contributed by atoms with E-state index in [1.807, 2.05) is 6.07 Å². The summed E-state index contributed by atoms with van der Waals surface area (Å²) in [5.74, 6) is -0.663. The average Bonchev–Trinajstić information content (AvgIpc) is 2.74. The Morgan fingerprint density at radius 1 is 0.903 bits per heavy atom. The summed E-state index contributed by atoms with van der Waals surface area (Å²) in [6.07, 6.45) is 0. The highest BCUT2D eigenvalue weighted by Crippen LogP contribution is 2.32. The van der Waals surface area contributed by atoms with Crippen LogP contribution in [0.4, 0.5) is 5.69 Å². The van der Waals surface area contributed by atoms with Crippen LogP contribution in [0.5, 0.6) is 5.75 Å². The second-order valence-corrected chi connectivity index (χ2v) is 7.95. The first-order valence-electron chi connectivity index (χ1n) is 8.85. The van der Waals surface area contributed by atoms with Crippen LogP contribution in [-0.4, -0.2) is 23.9 Å². The third-order valence-corrected chi connectivity index (χ3v) is 5.13. The third kappa shape index (κ3) is 5.54. The fourth-order valence-electron chi connectivity index (χ4n) is 2.82. The number of ether oxygens (including phenoxy) is 1. The second kappa shape index (κ2) is 10.1. The molecule has 0 bridgehead atoms. The summed E-state index contributed by atoms with van der Waals surface area (Å²) in [6, 6.07) is 16.4. The van der Waals surface area contributed by atoms with Crippen LogP contribution in [0.15, 0.2) is 60.7 Å². The van der Waals surface area contributed by atoms with Crippen LogP contribution in [0.25, 0.3) is 0 Å². The Balaban J connectivity index is 1.83. The van der Waals surface area contributed by atoms with Crippen molar-refractivity contribution in [3.8, 4) is 5.75 Å². The summed E-state index contributed by atoms with van der Waals surface area (Å²) >= 11 is 23.4. The molecule has 9 heteroatoms. The number of halogens is 3. The van der Waals surface area contributed by atoms with E-state index in [0.717, 1.165) is 0 Å². The summed E-state index contributed by atoms with van der Waals surface area (Å²) < 4.78 is 5.19. The molecule has 0 atom stereocenters. The van der Waals surface area contributed by atoms with Gasteiger partial charge in [0.25, 0.3) is 5.91 Å². The minimum atomic E-state index is -0.580. The number of thiocarbonyl (C=S) groups is 1. The van der Waals surface area contributed by atoms with Gasteiger partial charge in [0, 0.05) is 21.2 Å². The van der Waals surface area contributed by atoms with Crippen LogP contribution in [0.2, 0.25) is 15.1 Å². The van der Waals surface area contributed by atoms with Gasteiger partial charge in [-0.05, 0) is 42.5 Å². The number of carbonyl (C=O) groups is 2. The van der Waals surface area contributed by atoms with Crippen molar-refractivity contribution in [3.63, 3.8) is 0 Å². The molecule has 0 radical (unpaired) electrons. The SMILES string of the molecule is COc1c(Cl)cc(Cl)cc1C(=O)NC(=S)Nc1ccc(Cl)cc1C(=O)c1ccccc1. The molecular formula is C22H15Cl3N2O3S. The van der Waals surface area contributed by atoms with E-state index in [4.69, 9.17) is 51.8 Å². The lowest BCUT2D eigenvalue weighted by Gasteiger charge is -2.15. The molecule has 31 heavy (non-hydrogen) atoms. The van der Waals surface area contributed by atoms with E-state index in [1.54, 1.807) is 36.4 Å². The van der Waals surface area contributed by atoms with E-state index in [2.05, 4.69) is 10.6 Å². The van der Waals surface area contributed by atoms with Gasteiger partial charge in [-0.2, -0.15) is 0 Å². The Labute approximate surface area is 199 Å². The van der Waals surface area contributed by atoms with Crippen LogP contribution in [0.1, 0.15) is 26.3 Å². The molecule has 3 rings (SSSR count). The lowest BCUT2D eigenvalue weighted by atomic mass is 10.0. The van der Waals surface area contributed by atoms with E-state index >= 15 is 0 Å². The van der Waals surface area contributed by atoms with E-state index < -0.39 is 5.91 Å². The smallest absolute Gasteiger partial charge is 0.261 e. The van der Waals surface area contributed by atoms with Crippen molar-refractivity contribution < 1.29 is 14.3 Å². The van der Waals surface area contributed by atoms with Gasteiger partial charge in [0.1, 0.15) is 5.75 Å². The third-order valence-electron chi connectivity index (χ3n) is 4.19. The molecule has 0 fully saturated rings. The molecule has 0 aromatic heterocycles. The average molecular weight is 494 g/mol. The maximum atomic E-state index is 12.9. The standard InChI is InChI=1S/C22H15Cl3N2O3S/c1-30-20-16(10-14(24)11-17(20)25)21(29)27-22(31)26-18-8-7-13(23)9-15(18)19(28)12-5-3-2-4-6-12/h2-11H,1H3,(H2,26,27,29,31). The Morgan fingerprint density at radius 2 is 1.58 bits per heavy atom. The minimum Gasteiger partial charge on any atom is -0.494 e. The van der Waals surface area contributed by atoms with Crippen LogP contribution in [0, 0.1) is 0 Å². The zero-order chi connectivity index (χ0) is 22.5. The van der Waals surface area contributed by atoms with Gasteiger partial charge in [-0.3, -0.25) is 14.9 Å². The van der Waals surface area contributed by atoms with Crippen LogP contribution in [0.3, 0.4) is 0 Å². The van der Waals surface area contributed by atoms with Crippen molar-refractivity contribution >= 4 is 69.5 Å². The van der Waals surface area contributed by atoms with E-state index in [9.17, 15) is 9.59 Å². The van der Waals surface area contributed by atoms with E-state index in [1.165, 1.54) is 25.3 Å². The number of anilines is 1. The van der Waals surface area contributed by atoms with Crippen LogP contribution < -0.4 is 15.4 Å². The summed E-state index contributed by atoms with van der Waals surface area (Å²) in [5, 5.41) is 6.21. The molecule has 0 aliphatic carbocycles. The van der Waals surface area contributed by atoms with Gasteiger partial charge in [0.15, 0.2) is 10.9 Å². The molecule has 0 saturated carbocycles. The van der Waals surface area contributed by atoms with Gasteiger partial charge < -0.3 is 10.1 Å². The highest BCUT2D eigenvalue weighted by atomic mass is 35.5. The molecule has 158 valence electrons. The number of amides is 1. The topological polar surface area (TPSA) is 67.4 Å². The molecule has 3 aromatic carbocycles. The number of hydrogen-bond acceptors (Lipinski definition) is 4. The van der Waals surface area contributed by atoms with Gasteiger partial charge in [-0.15, -0.1) is 0 Å². The lowest BCUT2D eigenvalue weighted by molar-refractivity contribution is 0.0974. The van der Waals surface area contributed by atoms with E-state index in [-0.39, 0.29) is 32.3 Å². The monoisotopic (exact) mass is 492 g/mol. The summed E-state index contributed by atoms with van der Waals surface area (Å²) in [7, 11) is 1.39. The number of benzene rings is 3. The van der Waals surface area contributed by atoms with Crippen molar-refractivity contribution in [1.29, 1.82) is 0 Å². The molecule has 0 aliphatic rings. The molecule has 3 aromatic rings.